The molecule has 3 aromatic rings. The minimum absolute atomic E-state index is 0.0183. The van der Waals surface area contributed by atoms with Gasteiger partial charge < -0.3 is 20.1 Å². The minimum Gasteiger partial charge on any atom is -0.497 e. The molecule has 0 radical (unpaired) electrons. The Bertz CT molecular complexity index is 986. The number of rotatable bonds is 5. The third-order valence-electron chi connectivity index (χ3n) is 5.69. The van der Waals surface area contributed by atoms with E-state index in [1.54, 1.807) is 14.0 Å². The summed E-state index contributed by atoms with van der Waals surface area (Å²) in [5, 5.41) is 12.8. The molecular weight excluding hydrogens is 354 g/mol. The number of methoxy groups -OCH3 is 1. The van der Waals surface area contributed by atoms with Gasteiger partial charge in [0.15, 0.2) is 0 Å². The standard InChI is InChI=1S/C22H25N3O3/c1-14(26)20-24-18-10-7-16(13-19(18)25-20)23-21(27)22(11-3-4-12-22)15-5-8-17(28-2)9-6-15/h5-10,13-14,26H,3-4,11-12H2,1-2H3,(H,23,27)(H,24,25). The van der Waals surface area contributed by atoms with Crippen molar-refractivity contribution in [2.75, 3.05) is 12.4 Å². The average molecular weight is 379 g/mol. The third-order valence-corrected chi connectivity index (χ3v) is 5.69. The van der Waals surface area contributed by atoms with E-state index in [9.17, 15) is 9.90 Å². The number of H-pyrrole nitrogens is 1. The predicted molar refractivity (Wildman–Crippen MR) is 108 cm³/mol. The first-order valence-corrected chi connectivity index (χ1v) is 9.65. The smallest absolute Gasteiger partial charge is 0.235 e. The SMILES string of the molecule is COc1ccc(C2(C(=O)Nc3ccc4nc(C(C)O)[nH]c4c3)CCCC2)cc1. The van der Waals surface area contributed by atoms with Crippen molar-refractivity contribution in [1.82, 2.24) is 9.97 Å². The predicted octanol–water partition coefficient (Wildman–Crippen LogP) is 4.08. The second-order valence-electron chi connectivity index (χ2n) is 7.50. The zero-order chi connectivity index (χ0) is 19.7. The molecule has 4 rings (SSSR count). The van der Waals surface area contributed by atoms with Crippen molar-refractivity contribution in [2.24, 2.45) is 0 Å². The second kappa shape index (κ2) is 7.28. The molecule has 28 heavy (non-hydrogen) atoms. The summed E-state index contributed by atoms with van der Waals surface area (Å²) in [6, 6.07) is 13.4. The number of ether oxygens (including phenoxy) is 1. The molecule has 6 nitrogen and oxygen atoms in total. The number of hydrogen-bond donors (Lipinski definition) is 3. The number of aromatic amines is 1. The van der Waals surface area contributed by atoms with E-state index in [2.05, 4.69) is 15.3 Å². The highest BCUT2D eigenvalue weighted by Crippen LogP contribution is 2.42. The number of nitrogens with one attached hydrogen (secondary N) is 2. The average Bonchev–Trinajstić information content (AvgIpc) is 3.36. The maximum absolute atomic E-state index is 13.3. The first-order valence-electron chi connectivity index (χ1n) is 9.65. The molecule has 1 amide bonds. The number of aliphatic hydroxyl groups excluding tert-OH is 1. The Kier molecular flexibility index (Phi) is 4.81. The molecule has 2 aromatic carbocycles. The molecule has 146 valence electrons. The Balaban J connectivity index is 1.62. The molecule has 1 aliphatic rings. The van der Waals surface area contributed by atoms with E-state index in [0.717, 1.165) is 53.7 Å². The maximum atomic E-state index is 13.3. The fourth-order valence-electron chi connectivity index (χ4n) is 4.09. The number of aromatic nitrogens is 2. The normalized spacial score (nSPS) is 16.8. The summed E-state index contributed by atoms with van der Waals surface area (Å²) in [5.74, 6) is 1.32. The number of nitrogens with zero attached hydrogens (tertiary/aromatic N) is 1. The molecule has 1 saturated carbocycles. The van der Waals surface area contributed by atoms with Gasteiger partial charge in [0, 0.05) is 5.69 Å². The zero-order valence-corrected chi connectivity index (χ0v) is 16.2. The van der Waals surface area contributed by atoms with Gasteiger partial charge in [0.1, 0.15) is 17.7 Å². The van der Waals surface area contributed by atoms with Crippen LogP contribution in [0.4, 0.5) is 5.69 Å². The van der Waals surface area contributed by atoms with Gasteiger partial charge >= 0.3 is 0 Å². The second-order valence-corrected chi connectivity index (χ2v) is 7.50. The molecule has 1 unspecified atom stereocenters. The number of aliphatic hydroxyl groups is 1. The van der Waals surface area contributed by atoms with E-state index in [4.69, 9.17) is 4.74 Å². The number of anilines is 1. The van der Waals surface area contributed by atoms with Crippen LogP contribution in [0, 0.1) is 0 Å². The highest BCUT2D eigenvalue weighted by atomic mass is 16.5. The quantitative estimate of drug-likeness (QED) is 0.623. The molecule has 0 aliphatic heterocycles. The first kappa shape index (κ1) is 18.5. The van der Waals surface area contributed by atoms with Gasteiger partial charge in [-0.05, 0) is 55.7 Å². The molecule has 0 bridgehead atoms. The lowest BCUT2D eigenvalue weighted by Gasteiger charge is -2.28. The number of carbonyl (C=O) groups excluding carboxylic acids is 1. The van der Waals surface area contributed by atoms with Crippen LogP contribution >= 0.6 is 0 Å². The number of carbonyl (C=O) groups is 1. The molecule has 1 aliphatic carbocycles. The largest absolute Gasteiger partial charge is 0.497 e. The van der Waals surface area contributed by atoms with Gasteiger partial charge in [-0.15, -0.1) is 0 Å². The molecule has 0 saturated heterocycles. The lowest BCUT2D eigenvalue weighted by atomic mass is 9.78. The van der Waals surface area contributed by atoms with Gasteiger partial charge in [0.05, 0.1) is 23.6 Å². The van der Waals surface area contributed by atoms with Gasteiger partial charge in [0.2, 0.25) is 5.91 Å². The van der Waals surface area contributed by atoms with Crippen molar-refractivity contribution in [3.63, 3.8) is 0 Å². The zero-order valence-electron chi connectivity index (χ0n) is 16.2. The maximum Gasteiger partial charge on any atom is 0.235 e. The monoisotopic (exact) mass is 379 g/mol. The highest BCUT2D eigenvalue weighted by molar-refractivity contribution is 6.00. The summed E-state index contributed by atoms with van der Waals surface area (Å²) in [6.07, 6.45) is 3.09. The molecule has 6 heteroatoms. The molecule has 3 N–H and O–H groups in total. The summed E-state index contributed by atoms with van der Waals surface area (Å²) in [7, 11) is 1.64. The lowest BCUT2D eigenvalue weighted by molar-refractivity contribution is -0.121. The number of imidazole rings is 1. The molecule has 0 spiro atoms. The Morgan fingerprint density at radius 1 is 1.21 bits per heavy atom. The number of amides is 1. The number of benzene rings is 2. The van der Waals surface area contributed by atoms with Crippen LogP contribution in [0.5, 0.6) is 5.75 Å². The molecular formula is C22H25N3O3. The van der Waals surface area contributed by atoms with Crippen LogP contribution in [0.15, 0.2) is 42.5 Å². The summed E-state index contributed by atoms with van der Waals surface area (Å²) in [5.41, 5.74) is 2.79. The van der Waals surface area contributed by atoms with Crippen LogP contribution in [0.1, 0.15) is 50.1 Å². The third kappa shape index (κ3) is 3.24. The van der Waals surface area contributed by atoms with E-state index in [1.807, 2.05) is 42.5 Å². The topological polar surface area (TPSA) is 87.2 Å². The van der Waals surface area contributed by atoms with Crippen molar-refractivity contribution >= 4 is 22.6 Å². The summed E-state index contributed by atoms with van der Waals surface area (Å²) < 4.78 is 5.25. The minimum atomic E-state index is -0.665. The molecule has 1 atom stereocenters. The van der Waals surface area contributed by atoms with E-state index >= 15 is 0 Å². The van der Waals surface area contributed by atoms with Crippen LogP contribution in [0.25, 0.3) is 11.0 Å². The van der Waals surface area contributed by atoms with Crippen molar-refractivity contribution < 1.29 is 14.6 Å². The van der Waals surface area contributed by atoms with Gasteiger partial charge in [-0.1, -0.05) is 25.0 Å². The highest BCUT2D eigenvalue weighted by Gasteiger charge is 2.42. The first-order chi connectivity index (χ1) is 13.5. The van der Waals surface area contributed by atoms with E-state index in [1.165, 1.54) is 0 Å². The molecule has 1 aromatic heterocycles. The van der Waals surface area contributed by atoms with E-state index < -0.39 is 11.5 Å². The van der Waals surface area contributed by atoms with Crippen LogP contribution in [0.3, 0.4) is 0 Å². The van der Waals surface area contributed by atoms with Crippen LogP contribution in [-0.2, 0) is 10.2 Å². The van der Waals surface area contributed by atoms with Crippen molar-refractivity contribution in [3.8, 4) is 5.75 Å². The lowest BCUT2D eigenvalue weighted by Crippen LogP contribution is -2.37. The van der Waals surface area contributed by atoms with Crippen molar-refractivity contribution in [1.29, 1.82) is 0 Å². The Hall–Kier alpha value is -2.86. The fourth-order valence-corrected chi connectivity index (χ4v) is 4.09. The summed E-state index contributed by atoms with van der Waals surface area (Å²) in [6.45, 7) is 1.67. The van der Waals surface area contributed by atoms with Crippen molar-refractivity contribution in [2.45, 2.75) is 44.1 Å². The van der Waals surface area contributed by atoms with Crippen LogP contribution in [-0.4, -0.2) is 28.1 Å². The fraction of sp³-hybridized carbons (Fsp3) is 0.364. The summed E-state index contributed by atoms with van der Waals surface area (Å²) in [4.78, 5) is 20.8. The van der Waals surface area contributed by atoms with E-state index in [-0.39, 0.29) is 5.91 Å². The van der Waals surface area contributed by atoms with Gasteiger partial charge in [-0.25, -0.2) is 4.98 Å². The van der Waals surface area contributed by atoms with Crippen LogP contribution < -0.4 is 10.1 Å². The Morgan fingerprint density at radius 3 is 2.57 bits per heavy atom. The molecule has 1 fully saturated rings. The van der Waals surface area contributed by atoms with Crippen molar-refractivity contribution in [3.05, 3.63) is 53.9 Å². The van der Waals surface area contributed by atoms with Gasteiger partial charge in [-0.3, -0.25) is 4.79 Å². The van der Waals surface area contributed by atoms with Gasteiger partial charge in [-0.2, -0.15) is 0 Å². The van der Waals surface area contributed by atoms with E-state index in [0.29, 0.717) is 5.82 Å². The Labute approximate surface area is 163 Å². The van der Waals surface area contributed by atoms with Crippen LogP contribution in [0.2, 0.25) is 0 Å². The number of fused-ring (bicyclic) bond motifs is 1. The van der Waals surface area contributed by atoms with Gasteiger partial charge in [0.25, 0.3) is 0 Å². The molecule has 1 heterocycles. The Morgan fingerprint density at radius 2 is 1.93 bits per heavy atom. The number of hydrogen-bond acceptors (Lipinski definition) is 4. The summed E-state index contributed by atoms with van der Waals surface area (Å²) >= 11 is 0.